The molecule has 51 heavy (non-hydrogen) atoms. The van der Waals surface area contributed by atoms with Gasteiger partial charge in [-0.05, 0) is 110 Å². The first-order valence-electron chi connectivity index (χ1n) is 16.8. The normalized spacial score (nSPS) is 12.3. The molecule has 0 heterocycles. The van der Waals surface area contributed by atoms with Gasteiger partial charge in [0.1, 0.15) is 11.5 Å². The van der Waals surface area contributed by atoms with Crippen LogP contribution in [0.3, 0.4) is 0 Å². The van der Waals surface area contributed by atoms with Crippen LogP contribution in [0, 0.1) is 27.7 Å². The molecule has 6 aromatic carbocycles. The van der Waals surface area contributed by atoms with Crippen molar-refractivity contribution in [3.05, 3.63) is 154 Å². The number of aliphatic imine (C=N–C) groups is 2. The molecule has 2 N–H and O–H groups in total. The van der Waals surface area contributed by atoms with Crippen molar-refractivity contribution in [2.24, 2.45) is 9.98 Å². The summed E-state index contributed by atoms with van der Waals surface area (Å²) in [5, 5.41) is 24.1. The van der Waals surface area contributed by atoms with Crippen molar-refractivity contribution in [1.82, 2.24) is 0 Å². The van der Waals surface area contributed by atoms with Crippen LogP contribution in [0.25, 0.3) is 10.8 Å². The molecule has 7 heteroatoms. The Kier molecular flexibility index (Phi) is 10.0. The summed E-state index contributed by atoms with van der Waals surface area (Å²) in [6, 6.07) is 33.4. The van der Waals surface area contributed by atoms with Crippen molar-refractivity contribution in [2.75, 3.05) is 7.11 Å². The number of para-hydroxylation sites is 2. The van der Waals surface area contributed by atoms with E-state index in [9.17, 15) is 15.0 Å². The lowest BCUT2D eigenvalue weighted by molar-refractivity contribution is -0.135. The lowest BCUT2D eigenvalue weighted by Crippen LogP contribution is -2.16. The average molecular weight is 677 g/mol. The minimum Gasteiger partial charge on any atom is -0.507 e. The molecule has 256 valence electrons. The van der Waals surface area contributed by atoms with Gasteiger partial charge < -0.3 is 19.7 Å². The number of benzene rings is 6. The van der Waals surface area contributed by atoms with Gasteiger partial charge in [-0.2, -0.15) is 0 Å². The van der Waals surface area contributed by atoms with Gasteiger partial charge in [0.2, 0.25) is 0 Å². The molecule has 0 aliphatic carbocycles. The first kappa shape index (κ1) is 34.6. The van der Waals surface area contributed by atoms with Crippen molar-refractivity contribution in [2.45, 2.75) is 40.5 Å². The van der Waals surface area contributed by atoms with Crippen LogP contribution in [0.4, 0.5) is 11.4 Å². The van der Waals surface area contributed by atoms with Crippen LogP contribution in [0.2, 0.25) is 0 Å². The number of rotatable bonds is 9. The standard InChI is InChI=1S/C44H40N2O5/c1-26-27(2)29(4)41(46-42(31-13-8-7-9-14-31)37-16-10-11-17-38(37)47)40(28(26)3)45-25-35-15-12-18-39(43(35)48)51-44(49)30(5)32-19-20-34-24-36(50-6)22-21-33(34)23-32/h7-25,30,47-48H,1-6H3/t30-/m1/s1. The fourth-order valence-corrected chi connectivity index (χ4v) is 6.06. The van der Waals surface area contributed by atoms with Crippen molar-refractivity contribution < 1.29 is 24.5 Å². The topological polar surface area (TPSA) is 101 Å². The van der Waals surface area contributed by atoms with Crippen LogP contribution in [0.1, 0.15) is 57.3 Å². The van der Waals surface area contributed by atoms with Crippen LogP contribution in [0.5, 0.6) is 23.0 Å². The third-order valence-corrected chi connectivity index (χ3v) is 9.55. The summed E-state index contributed by atoms with van der Waals surface area (Å²) in [7, 11) is 1.63. The molecule has 0 aromatic heterocycles. The number of esters is 1. The van der Waals surface area contributed by atoms with Crippen molar-refractivity contribution in [3.63, 3.8) is 0 Å². The largest absolute Gasteiger partial charge is 0.507 e. The quantitative estimate of drug-likeness (QED) is 0.0902. The van der Waals surface area contributed by atoms with Crippen molar-refractivity contribution in [1.29, 1.82) is 0 Å². The third kappa shape index (κ3) is 7.10. The first-order chi connectivity index (χ1) is 24.6. The molecule has 0 aliphatic heterocycles. The number of aromatic hydroxyl groups is 2. The molecule has 6 aromatic rings. The number of phenolic OH excluding ortho intramolecular Hbond substituents is 2. The smallest absolute Gasteiger partial charge is 0.318 e. The van der Waals surface area contributed by atoms with Gasteiger partial charge in [-0.25, -0.2) is 4.99 Å². The zero-order valence-electron chi connectivity index (χ0n) is 29.6. The minimum atomic E-state index is -0.585. The Bertz CT molecular complexity index is 2330. The summed E-state index contributed by atoms with van der Waals surface area (Å²) in [6.07, 6.45) is 1.56. The van der Waals surface area contributed by atoms with E-state index >= 15 is 0 Å². The monoisotopic (exact) mass is 676 g/mol. The second-order valence-corrected chi connectivity index (χ2v) is 12.6. The fraction of sp³-hybridized carbons (Fsp3) is 0.159. The second kappa shape index (κ2) is 14.7. The van der Waals surface area contributed by atoms with Crippen LogP contribution in [-0.4, -0.2) is 35.2 Å². The Morgan fingerprint density at radius 1 is 0.725 bits per heavy atom. The number of carbonyl (C=O) groups is 1. The molecule has 6 rings (SSSR count). The fourth-order valence-electron chi connectivity index (χ4n) is 6.06. The zero-order valence-corrected chi connectivity index (χ0v) is 29.6. The molecule has 0 saturated heterocycles. The predicted octanol–water partition coefficient (Wildman–Crippen LogP) is 10.1. The molecule has 0 amide bonds. The average Bonchev–Trinajstić information content (AvgIpc) is 3.15. The molecule has 0 aliphatic rings. The molecule has 0 bridgehead atoms. The summed E-state index contributed by atoms with van der Waals surface area (Å²) in [6.45, 7) is 9.90. The Morgan fingerprint density at radius 2 is 1.39 bits per heavy atom. The highest BCUT2D eigenvalue weighted by molar-refractivity contribution is 6.16. The summed E-state index contributed by atoms with van der Waals surface area (Å²) in [5.41, 5.74) is 8.54. The maximum absolute atomic E-state index is 13.3. The summed E-state index contributed by atoms with van der Waals surface area (Å²) in [4.78, 5) is 23.4. The van der Waals surface area contributed by atoms with E-state index in [1.807, 2.05) is 92.7 Å². The van der Waals surface area contributed by atoms with E-state index in [1.165, 1.54) is 0 Å². The SMILES string of the molecule is COc1ccc2cc([C@@H](C)C(=O)Oc3cccc(C=Nc4c(C)c(C)c(C)c(C)c4N=C(c4ccccc4)c4ccccc4O)c3O)ccc2c1. The van der Waals surface area contributed by atoms with E-state index in [4.69, 9.17) is 19.5 Å². The van der Waals surface area contributed by atoms with Gasteiger partial charge in [0.25, 0.3) is 0 Å². The third-order valence-electron chi connectivity index (χ3n) is 9.55. The van der Waals surface area contributed by atoms with Crippen molar-refractivity contribution >= 4 is 40.0 Å². The number of nitrogens with zero attached hydrogens (tertiary/aromatic N) is 2. The molecular formula is C44H40N2O5. The van der Waals surface area contributed by atoms with E-state index < -0.39 is 11.9 Å². The van der Waals surface area contributed by atoms with Gasteiger partial charge in [0.05, 0.1) is 30.1 Å². The number of hydrogen-bond acceptors (Lipinski definition) is 7. The van der Waals surface area contributed by atoms with Crippen LogP contribution < -0.4 is 9.47 Å². The van der Waals surface area contributed by atoms with E-state index in [0.29, 0.717) is 28.2 Å². The highest BCUT2D eigenvalue weighted by Crippen LogP contribution is 2.41. The molecule has 7 nitrogen and oxygen atoms in total. The Hall–Kier alpha value is -6.21. The van der Waals surface area contributed by atoms with Gasteiger partial charge in [-0.3, -0.25) is 9.79 Å². The highest BCUT2D eigenvalue weighted by Gasteiger charge is 2.21. The van der Waals surface area contributed by atoms with Gasteiger partial charge in [-0.1, -0.05) is 72.8 Å². The molecule has 0 spiro atoms. The lowest BCUT2D eigenvalue weighted by Gasteiger charge is -2.18. The molecule has 0 radical (unpaired) electrons. The number of methoxy groups -OCH3 is 1. The second-order valence-electron chi connectivity index (χ2n) is 12.6. The van der Waals surface area contributed by atoms with Gasteiger partial charge >= 0.3 is 5.97 Å². The van der Waals surface area contributed by atoms with Crippen LogP contribution in [-0.2, 0) is 4.79 Å². The lowest BCUT2D eigenvalue weighted by atomic mass is 9.95. The van der Waals surface area contributed by atoms with Gasteiger partial charge in [0.15, 0.2) is 11.5 Å². The minimum absolute atomic E-state index is 0.0403. The van der Waals surface area contributed by atoms with Crippen LogP contribution >= 0.6 is 0 Å². The highest BCUT2D eigenvalue weighted by atomic mass is 16.5. The summed E-state index contributed by atoms with van der Waals surface area (Å²) in [5.74, 6) is -0.360. The van der Waals surface area contributed by atoms with Gasteiger partial charge in [-0.15, -0.1) is 0 Å². The Morgan fingerprint density at radius 3 is 2.12 bits per heavy atom. The number of ether oxygens (including phenoxy) is 2. The van der Waals surface area contributed by atoms with Gasteiger partial charge in [0, 0.05) is 22.9 Å². The van der Waals surface area contributed by atoms with E-state index in [0.717, 1.165) is 49.9 Å². The number of phenols is 2. The zero-order chi connectivity index (χ0) is 36.2. The predicted molar refractivity (Wildman–Crippen MR) is 205 cm³/mol. The summed E-state index contributed by atoms with van der Waals surface area (Å²) < 4.78 is 11.1. The summed E-state index contributed by atoms with van der Waals surface area (Å²) >= 11 is 0. The van der Waals surface area contributed by atoms with Crippen LogP contribution in [0.15, 0.2) is 119 Å². The maximum Gasteiger partial charge on any atom is 0.318 e. The number of carbonyl (C=O) groups excluding carboxylic acids is 1. The van der Waals surface area contributed by atoms with E-state index in [1.54, 1.807) is 50.6 Å². The van der Waals surface area contributed by atoms with Crippen molar-refractivity contribution in [3.8, 4) is 23.0 Å². The Labute approximate surface area is 298 Å². The van der Waals surface area contributed by atoms with E-state index in [-0.39, 0.29) is 17.2 Å². The maximum atomic E-state index is 13.3. The number of hydrogen-bond donors (Lipinski definition) is 2. The molecule has 0 unspecified atom stereocenters. The molecular weight excluding hydrogens is 636 g/mol. The molecule has 1 atom stereocenters. The van der Waals surface area contributed by atoms with E-state index in [2.05, 4.69) is 13.8 Å². The molecule has 0 fully saturated rings. The number of fused-ring (bicyclic) bond motifs is 1. The Balaban J connectivity index is 1.35. The molecule has 0 saturated carbocycles. The first-order valence-corrected chi connectivity index (χ1v) is 16.8.